The average Bonchev–Trinajstić information content (AvgIpc) is 2.94. The molecule has 0 aromatic heterocycles. The van der Waals surface area contributed by atoms with Gasteiger partial charge in [0, 0.05) is 19.1 Å². The third-order valence-corrected chi connectivity index (χ3v) is 11.1. The molecule has 7 nitrogen and oxygen atoms in total. The molecule has 0 heterocycles. The van der Waals surface area contributed by atoms with Gasteiger partial charge in [0.1, 0.15) is 12.4 Å². The minimum absolute atomic E-state index is 0.0533. The molecule has 2 aliphatic carbocycles. The fourth-order valence-corrected chi connectivity index (χ4v) is 8.18. The number of rotatable bonds is 10. The van der Waals surface area contributed by atoms with E-state index in [-0.39, 0.29) is 51.5 Å². The Kier molecular flexibility index (Phi) is 11.1. The number of likely N-dealkylation sites (N-methyl/N-ethyl adjacent to an activating group) is 1. The number of benzene rings is 2. The number of hydrogen-bond acceptors (Lipinski definition) is 5. The Morgan fingerprint density at radius 3 is 2.37 bits per heavy atom. The third kappa shape index (κ3) is 8.00. The van der Waals surface area contributed by atoms with E-state index in [1.807, 2.05) is 20.2 Å². The average molecular weight is 629 g/mol. The van der Waals surface area contributed by atoms with Gasteiger partial charge in [-0.1, -0.05) is 48.2 Å². The summed E-state index contributed by atoms with van der Waals surface area (Å²) < 4.78 is 47.9. The van der Waals surface area contributed by atoms with Crippen LogP contribution >= 0.6 is 23.2 Å². The molecule has 0 radical (unpaired) electrons. The summed E-state index contributed by atoms with van der Waals surface area (Å²) in [6, 6.07) is 10.9. The van der Waals surface area contributed by atoms with Gasteiger partial charge in [-0.05, 0) is 94.4 Å². The molecule has 2 fully saturated rings. The number of amides is 1. The van der Waals surface area contributed by atoms with Gasteiger partial charge >= 0.3 is 0 Å². The molecule has 1 amide bonds. The summed E-state index contributed by atoms with van der Waals surface area (Å²) in [6.07, 6.45) is 6.25. The minimum atomic E-state index is -3.83. The predicted octanol–water partition coefficient (Wildman–Crippen LogP) is 6.06. The Labute approximate surface area is 253 Å². The molecule has 2 aromatic carbocycles. The summed E-state index contributed by atoms with van der Waals surface area (Å²) in [7, 11) is 1.76. The summed E-state index contributed by atoms with van der Waals surface area (Å²) in [5, 5.41) is 3.57. The van der Waals surface area contributed by atoms with E-state index in [0.29, 0.717) is 18.8 Å². The van der Waals surface area contributed by atoms with Gasteiger partial charge in [-0.2, -0.15) is 4.31 Å². The zero-order chi connectivity index (χ0) is 29.7. The topological polar surface area (TPSA) is 79.0 Å². The number of sulfonamides is 1. The molecule has 0 saturated heterocycles. The normalized spacial score (nSPS) is 24.4. The van der Waals surface area contributed by atoms with Gasteiger partial charge in [-0.15, -0.1) is 0 Å². The molecule has 3 unspecified atom stereocenters. The van der Waals surface area contributed by atoms with Gasteiger partial charge in [0.15, 0.2) is 0 Å². The zero-order valence-corrected chi connectivity index (χ0v) is 26.2. The van der Waals surface area contributed by atoms with Crippen molar-refractivity contribution in [1.82, 2.24) is 14.5 Å². The SMILES string of the molecule is CN(C)C(c1cccc(F)c1)C1CCC(NC(=O)COC2CCCCC2N(C)S(=O)(=O)c2ccc(Cl)c(Cl)c2)CC1. The van der Waals surface area contributed by atoms with Crippen molar-refractivity contribution in [3.8, 4) is 0 Å². The van der Waals surface area contributed by atoms with Gasteiger partial charge in [0.25, 0.3) is 0 Å². The van der Waals surface area contributed by atoms with Crippen LogP contribution in [0.2, 0.25) is 10.0 Å². The molecule has 0 aliphatic heterocycles. The first-order valence-electron chi connectivity index (χ1n) is 14.2. The van der Waals surface area contributed by atoms with Gasteiger partial charge < -0.3 is 15.0 Å². The lowest BCUT2D eigenvalue weighted by atomic mass is 9.78. The summed E-state index contributed by atoms with van der Waals surface area (Å²) in [5.41, 5.74) is 0.976. The van der Waals surface area contributed by atoms with Crippen LogP contribution < -0.4 is 5.32 Å². The zero-order valence-electron chi connectivity index (χ0n) is 23.9. The van der Waals surface area contributed by atoms with Crippen molar-refractivity contribution in [3.63, 3.8) is 0 Å². The summed E-state index contributed by atoms with van der Waals surface area (Å²) >= 11 is 12.0. The number of halogens is 3. The number of nitrogens with zero attached hydrogens (tertiary/aromatic N) is 2. The van der Waals surface area contributed by atoms with E-state index in [9.17, 15) is 17.6 Å². The Morgan fingerprint density at radius 2 is 1.71 bits per heavy atom. The molecular formula is C30H40Cl2FN3O4S. The number of nitrogens with one attached hydrogen (secondary N) is 1. The van der Waals surface area contributed by atoms with Crippen LogP contribution in [0.3, 0.4) is 0 Å². The van der Waals surface area contributed by atoms with Gasteiger partial charge in [-0.25, -0.2) is 12.8 Å². The number of carbonyl (C=O) groups is 1. The van der Waals surface area contributed by atoms with Crippen molar-refractivity contribution in [2.75, 3.05) is 27.7 Å². The highest BCUT2D eigenvalue weighted by atomic mass is 35.5. The lowest BCUT2D eigenvalue weighted by Crippen LogP contribution is -2.48. The van der Waals surface area contributed by atoms with Crippen molar-refractivity contribution in [3.05, 3.63) is 63.9 Å². The fraction of sp³-hybridized carbons (Fsp3) is 0.567. The highest BCUT2D eigenvalue weighted by Gasteiger charge is 2.37. The maximum Gasteiger partial charge on any atom is 0.246 e. The van der Waals surface area contributed by atoms with Crippen LogP contribution in [-0.4, -0.2) is 69.5 Å². The number of carbonyl (C=O) groups excluding carboxylic acids is 1. The summed E-state index contributed by atoms with van der Waals surface area (Å²) in [4.78, 5) is 15.1. The largest absolute Gasteiger partial charge is 0.367 e. The first-order chi connectivity index (χ1) is 19.5. The second-order valence-electron chi connectivity index (χ2n) is 11.4. The molecule has 2 saturated carbocycles. The predicted molar refractivity (Wildman–Crippen MR) is 160 cm³/mol. The smallest absolute Gasteiger partial charge is 0.246 e. The van der Waals surface area contributed by atoms with E-state index in [4.69, 9.17) is 27.9 Å². The molecule has 2 aliphatic rings. The van der Waals surface area contributed by atoms with Crippen molar-refractivity contribution >= 4 is 39.1 Å². The van der Waals surface area contributed by atoms with Gasteiger partial charge in [-0.3, -0.25) is 4.79 Å². The molecule has 226 valence electrons. The van der Waals surface area contributed by atoms with E-state index in [2.05, 4.69) is 10.2 Å². The second-order valence-corrected chi connectivity index (χ2v) is 14.3. The lowest BCUT2D eigenvalue weighted by Gasteiger charge is -2.38. The van der Waals surface area contributed by atoms with E-state index in [1.54, 1.807) is 19.2 Å². The summed E-state index contributed by atoms with van der Waals surface area (Å²) in [5.74, 6) is -0.0528. The molecule has 1 N–H and O–H groups in total. The first kappa shape index (κ1) is 32.2. The molecular weight excluding hydrogens is 588 g/mol. The monoisotopic (exact) mass is 627 g/mol. The third-order valence-electron chi connectivity index (χ3n) is 8.46. The van der Waals surface area contributed by atoms with Crippen LogP contribution in [0, 0.1) is 11.7 Å². The van der Waals surface area contributed by atoms with Crippen LogP contribution in [0.25, 0.3) is 0 Å². The first-order valence-corrected chi connectivity index (χ1v) is 16.4. The second kappa shape index (κ2) is 14.1. The fourth-order valence-electron chi connectivity index (χ4n) is 6.38. The molecule has 3 atom stereocenters. The molecule has 4 rings (SSSR count). The van der Waals surface area contributed by atoms with Crippen LogP contribution in [0.15, 0.2) is 47.4 Å². The Hall–Kier alpha value is -1.75. The quantitative estimate of drug-likeness (QED) is 0.346. The Balaban J connectivity index is 1.30. The van der Waals surface area contributed by atoms with E-state index >= 15 is 0 Å². The van der Waals surface area contributed by atoms with E-state index in [1.165, 1.54) is 28.6 Å². The summed E-state index contributed by atoms with van der Waals surface area (Å²) in [6.45, 7) is -0.120. The van der Waals surface area contributed by atoms with E-state index in [0.717, 1.165) is 44.1 Å². The Morgan fingerprint density at radius 1 is 1.00 bits per heavy atom. The molecule has 2 aromatic rings. The van der Waals surface area contributed by atoms with Crippen molar-refractivity contribution in [2.45, 2.75) is 80.5 Å². The number of ether oxygens (including phenoxy) is 1. The van der Waals surface area contributed by atoms with Crippen LogP contribution in [0.1, 0.15) is 63.0 Å². The molecule has 41 heavy (non-hydrogen) atoms. The van der Waals surface area contributed by atoms with Crippen molar-refractivity contribution < 1.29 is 22.3 Å². The van der Waals surface area contributed by atoms with Gasteiger partial charge in [0.05, 0.1) is 27.1 Å². The Bertz CT molecular complexity index is 1300. The van der Waals surface area contributed by atoms with Crippen molar-refractivity contribution in [2.24, 2.45) is 5.92 Å². The van der Waals surface area contributed by atoms with Gasteiger partial charge in [0.2, 0.25) is 15.9 Å². The lowest BCUT2D eigenvalue weighted by molar-refractivity contribution is -0.130. The molecule has 11 heteroatoms. The highest BCUT2D eigenvalue weighted by molar-refractivity contribution is 7.89. The standard InChI is InChI=1S/C30H40Cl2FN3O4S/c1-35(2)30(21-7-6-8-22(33)17-21)20-11-13-23(14-12-20)34-29(37)19-40-28-10-5-4-9-27(28)36(3)41(38,39)24-15-16-25(31)26(32)18-24/h6-8,15-18,20,23,27-28,30H,4-5,9-14,19H2,1-3H3,(H,34,37). The van der Waals surface area contributed by atoms with E-state index < -0.39 is 16.1 Å². The van der Waals surface area contributed by atoms with Crippen LogP contribution in [-0.2, 0) is 19.6 Å². The maximum atomic E-state index is 13.9. The minimum Gasteiger partial charge on any atom is -0.367 e. The molecule has 0 bridgehead atoms. The van der Waals surface area contributed by atoms with Crippen LogP contribution in [0.4, 0.5) is 4.39 Å². The maximum absolute atomic E-state index is 13.9. The van der Waals surface area contributed by atoms with Crippen LogP contribution in [0.5, 0.6) is 0 Å². The number of hydrogen-bond donors (Lipinski definition) is 1. The molecule has 0 spiro atoms. The van der Waals surface area contributed by atoms with Crippen molar-refractivity contribution in [1.29, 1.82) is 0 Å². The highest BCUT2D eigenvalue weighted by Crippen LogP contribution is 2.38.